The van der Waals surface area contributed by atoms with Gasteiger partial charge in [0.25, 0.3) is 0 Å². The summed E-state index contributed by atoms with van der Waals surface area (Å²) in [4.78, 5) is 12.6. The van der Waals surface area contributed by atoms with Gasteiger partial charge in [-0.25, -0.2) is 4.52 Å². The molecule has 0 aliphatic rings. The van der Waals surface area contributed by atoms with Crippen LogP contribution in [0.1, 0.15) is 5.69 Å². The van der Waals surface area contributed by atoms with E-state index in [1.54, 1.807) is 16.6 Å². The minimum Gasteiger partial charge on any atom is -0.506 e. The van der Waals surface area contributed by atoms with Gasteiger partial charge >= 0.3 is 0 Å². The van der Waals surface area contributed by atoms with E-state index in [1.807, 2.05) is 12.1 Å². The van der Waals surface area contributed by atoms with Gasteiger partial charge in [0.2, 0.25) is 0 Å². The van der Waals surface area contributed by atoms with E-state index in [-0.39, 0.29) is 16.6 Å². The Morgan fingerprint density at radius 3 is 2.57 bits per heavy atom. The predicted molar refractivity (Wildman–Crippen MR) is 120 cm³/mol. The lowest BCUT2D eigenvalue weighted by Gasteiger charge is -2.14. The average Bonchev–Trinajstić information content (AvgIpc) is 3.11. The van der Waals surface area contributed by atoms with Gasteiger partial charge in [0, 0.05) is 56.9 Å². The first-order valence-corrected chi connectivity index (χ1v) is 10.1. The molecule has 30 heavy (non-hydrogen) atoms. The number of nitrogens with two attached hydrogens (primary N) is 2. The van der Waals surface area contributed by atoms with Crippen LogP contribution in [0.5, 0.6) is 5.75 Å². The number of benzene rings is 2. The molecule has 8 N–H and O–H groups in total. The number of aromatic hydroxyl groups is 1. The normalized spacial score (nSPS) is 11.8. The number of pyridine rings is 1. The number of hydrogen-bond donors (Lipinski definition) is 6. The maximum atomic E-state index is 12.6. The van der Waals surface area contributed by atoms with Gasteiger partial charge in [-0.1, -0.05) is 6.07 Å². The molecule has 0 unspecified atom stereocenters. The fourth-order valence-corrected chi connectivity index (χ4v) is 3.84. The van der Waals surface area contributed by atoms with E-state index < -0.39 is 0 Å². The molecule has 0 fully saturated rings. The van der Waals surface area contributed by atoms with Crippen molar-refractivity contribution < 1.29 is 5.11 Å². The zero-order valence-corrected chi connectivity index (χ0v) is 16.7. The van der Waals surface area contributed by atoms with Crippen molar-refractivity contribution in [3.05, 3.63) is 46.2 Å². The van der Waals surface area contributed by atoms with E-state index in [4.69, 9.17) is 16.6 Å². The van der Waals surface area contributed by atoms with Crippen molar-refractivity contribution >= 4 is 32.9 Å². The van der Waals surface area contributed by atoms with E-state index in [9.17, 15) is 9.90 Å². The highest BCUT2D eigenvalue weighted by Gasteiger charge is 2.21. The smallest absolute Gasteiger partial charge is 0.191 e. The number of aromatic nitrogens is 2. The summed E-state index contributed by atoms with van der Waals surface area (Å²) in [6, 6.07) is 8.86. The number of fused-ring (bicyclic) bond motifs is 2. The molecule has 4 aromatic rings. The third-order valence-corrected chi connectivity index (χ3v) is 5.18. The van der Waals surface area contributed by atoms with Gasteiger partial charge < -0.3 is 32.5 Å². The second-order valence-corrected chi connectivity index (χ2v) is 7.17. The van der Waals surface area contributed by atoms with Gasteiger partial charge in [0.15, 0.2) is 5.43 Å². The van der Waals surface area contributed by atoms with Crippen LogP contribution >= 0.6 is 0 Å². The molecule has 0 radical (unpaired) electrons. The molecule has 4 rings (SSSR count). The monoisotopic (exact) mass is 409 g/mol. The summed E-state index contributed by atoms with van der Waals surface area (Å²) >= 11 is 0. The fraction of sp³-hybridized carbons (Fsp3) is 0.333. The second-order valence-electron chi connectivity index (χ2n) is 7.17. The van der Waals surface area contributed by atoms with Gasteiger partial charge in [-0.05, 0) is 24.3 Å². The Balaban J connectivity index is 1.88. The quantitative estimate of drug-likeness (QED) is 0.161. The molecule has 0 saturated heterocycles. The summed E-state index contributed by atoms with van der Waals surface area (Å²) in [5, 5.41) is 27.5. The van der Waals surface area contributed by atoms with E-state index >= 15 is 0 Å². The number of nitrogens with one attached hydrogen (secondary N) is 3. The Hall–Kier alpha value is -2.98. The molecule has 0 bridgehead atoms. The van der Waals surface area contributed by atoms with Crippen LogP contribution < -0.4 is 32.8 Å². The Labute approximate surface area is 173 Å². The summed E-state index contributed by atoms with van der Waals surface area (Å²) in [7, 11) is 0. The first-order valence-electron chi connectivity index (χ1n) is 10.1. The highest BCUT2D eigenvalue weighted by molar-refractivity contribution is 6.13. The van der Waals surface area contributed by atoms with Gasteiger partial charge in [0.1, 0.15) is 5.75 Å². The van der Waals surface area contributed by atoms with Crippen molar-refractivity contribution in [1.29, 1.82) is 0 Å². The molecule has 0 atom stereocenters. The summed E-state index contributed by atoms with van der Waals surface area (Å²) in [6.45, 7) is 4.45. The van der Waals surface area contributed by atoms with E-state index in [0.717, 1.165) is 35.4 Å². The summed E-state index contributed by atoms with van der Waals surface area (Å²) in [6.07, 6.45) is 0. The fourth-order valence-electron chi connectivity index (χ4n) is 3.84. The molecule has 2 aromatic carbocycles. The van der Waals surface area contributed by atoms with Crippen LogP contribution in [0.25, 0.3) is 27.2 Å². The molecular weight excluding hydrogens is 382 g/mol. The van der Waals surface area contributed by atoms with Crippen LogP contribution in [0.2, 0.25) is 0 Å². The second kappa shape index (κ2) is 8.80. The number of nitrogens with zero attached hydrogens (tertiary/aromatic N) is 2. The van der Waals surface area contributed by atoms with Crippen LogP contribution in [-0.4, -0.2) is 54.0 Å². The van der Waals surface area contributed by atoms with Crippen LogP contribution in [-0.2, 0) is 6.54 Å². The zero-order chi connectivity index (χ0) is 21.1. The lowest BCUT2D eigenvalue weighted by molar-refractivity contribution is 0.487. The molecule has 158 valence electrons. The molecule has 0 aliphatic heterocycles. The minimum atomic E-state index is -0.235. The van der Waals surface area contributed by atoms with Crippen molar-refractivity contribution in [3.63, 3.8) is 0 Å². The van der Waals surface area contributed by atoms with Crippen LogP contribution in [0.4, 0.5) is 5.69 Å². The van der Waals surface area contributed by atoms with Gasteiger partial charge in [-0.2, -0.15) is 5.10 Å². The van der Waals surface area contributed by atoms with Crippen molar-refractivity contribution in [2.24, 2.45) is 11.5 Å². The number of anilines is 1. The Morgan fingerprint density at radius 1 is 0.967 bits per heavy atom. The number of rotatable bonds is 10. The zero-order valence-electron chi connectivity index (χ0n) is 16.7. The van der Waals surface area contributed by atoms with Crippen molar-refractivity contribution in [2.45, 2.75) is 6.54 Å². The molecule has 9 heteroatoms. The minimum absolute atomic E-state index is 0.0208. The molecule has 0 saturated carbocycles. The average molecular weight is 409 g/mol. The van der Waals surface area contributed by atoms with Crippen LogP contribution in [0.3, 0.4) is 0 Å². The maximum Gasteiger partial charge on any atom is 0.191 e. The molecule has 2 aromatic heterocycles. The van der Waals surface area contributed by atoms with Crippen molar-refractivity contribution in [1.82, 2.24) is 20.2 Å². The molecule has 0 amide bonds. The van der Waals surface area contributed by atoms with E-state index in [2.05, 4.69) is 16.0 Å². The Morgan fingerprint density at radius 2 is 1.77 bits per heavy atom. The summed E-state index contributed by atoms with van der Waals surface area (Å²) < 4.78 is 1.76. The van der Waals surface area contributed by atoms with Gasteiger partial charge in [-0.3, -0.25) is 4.79 Å². The highest BCUT2D eigenvalue weighted by Crippen LogP contribution is 2.40. The SMILES string of the molecule is NCCNCCNc1ccc2c(CNCCN)nn3c4cccc(=O)c4c(O)c1c23. The lowest BCUT2D eigenvalue weighted by Crippen LogP contribution is -2.27. The lowest BCUT2D eigenvalue weighted by atomic mass is 10.0. The standard InChI is InChI=1S/C21H27N7O2/c22-6-8-24-10-11-26-14-5-4-13-15(12-25-9-7-23)27-28-16-2-1-3-17(29)19(16)21(30)18(14)20(13)28/h1-5,24-26,30H,6-12,22-23H2. The highest BCUT2D eigenvalue weighted by atomic mass is 16.3. The molecular formula is C21H27N7O2. The van der Waals surface area contributed by atoms with E-state index in [1.165, 1.54) is 6.07 Å². The summed E-state index contributed by atoms with van der Waals surface area (Å²) in [5.41, 5.74) is 13.8. The van der Waals surface area contributed by atoms with Gasteiger partial charge in [-0.15, -0.1) is 0 Å². The molecule has 0 spiro atoms. The van der Waals surface area contributed by atoms with Gasteiger partial charge in [0.05, 0.1) is 27.5 Å². The van der Waals surface area contributed by atoms with E-state index in [0.29, 0.717) is 43.6 Å². The van der Waals surface area contributed by atoms with Crippen molar-refractivity contribution in [3.8, 4) is 5.75 Å². The molecule has 0 aliphatic carbocycles. The third-order valence-electron chi connectivity index (χ3n) is 5.18. The van der Waals surface area contributed by atoms with Crippen LogP contribution in [0.15, 0.2) is 35.1 Å². The first-order chi connectivity index (χ1) is 14.7. The maximum absolute atomic E-state index is 12.6. The predicted octanol–water partition coefficient (Wildman–Crippen LogP) is 0.153. The first kappa shape index (κ1) is 20.3. The van der Waals surface area contributed by atoms with Crippen LogP contribution in [0, 0.1) is 0 Å². The third kappa shape index (κ3) is 3.52. The topological polar surface area (TPSA) is 143 Å². The Bertz CT molecular complexity index is 1220. The molecule has 2 heterocycles. The number of hydrogen-bond acceptors (Lipinski definition) is 8. The van der Waals surface area contributed by atoms with Crippen molar-refractivity contribution in [2.75, 3.05) is 44.6 Å². The largest absolute Gasteiger partial charge is 0.506 e. The Kier molecular flexibility index (Phi) is 5.96. The summed E-state index contributed by atoms with van der Waals surface area (Å²) in [5.74, 6) is -0.0208. The molecule has 9 nitrogen and oxygen atoms in total.